The molecule has 4 heteroatoms. The smallest absolute Gasteiger partial charge is 0.158 e. The van der Waals surface area contributed by atoms with Crippen LogP contribution in [-0.2, 0) is 0 Å². The van der Waals surface area contributed by atoms with Crippen LogP contribution in [0.25, 0.3) is 21.9 Å². The standard InChI is InChI=1S/C17H14N4/c1-11-6-8-12(9-7-11)20-17-16-15(18-10-19-17)13-4-2-3-5-14(13)21-16/h2-10,21H,1H3,(H,18,19,20). The van der Waals surface area contributed by atoms with E-state index in [-0.39, 0.29) is 0 Å². The van der Waals surface area contributed by atoms with Gasteiger partial charge in [-0.25, -0.2) is 9.97 Å². The maximum atomic E-state index is 4.40. The van der Waals surface area contributed by atoms with E-state index >= 15 is 0 Å². The summed E-state index contributed by atoms with van der Waals surface area (Å²) in [7, 11) is 0. The van der Waals surface area contributed by atoms with Crippen molar-refractivity contribution in [2.75, 3.05) is 5.32 Å². The van der Waals surface area contributed by atoms with Gasteiger partial charge in [-0.05, 0) is 25.1 Å². The van der Waals surface area contributed by atoms with Crippen molar-refractivity contribution in [2.24, 2.45) is 0 Å². The molecule has 0 atom stereocenters. The zero-order valence-corrected chi connectivity index (χ0v) is 11.6. The van der Waals surface area contributed by atoms with Crippen LogP contribution in [0.2, 0.25) is 0 Å². The number of aromatic nitrogens is 3. The van der Waals surface area contributed by atoms with Crippen LogP contribution in [0.3, 0.4) is 0 Å². The Bertz CT molecular complexity index is 922. The minimum absolute atomic E-state index is 0.792. The van der Waals surface area contributed by atoms with Crippen molar-refractivity contribution >= 4 is 33.4 Å². The van der Waals surface area contributed by atoms with Crippen LogP contribution >= 0.6 is 0 Å². The van der Waals surface area contributed by atoms with Crippen LogP contribution in [0.1, 0.15) is 5.56 Å². The summed E-state index contributed by atoms with van der Waals surface area (Å²) < 4.78 is 0. The van der Waals surface area contributed by atoms with Crippen LogP contribution < -0.4 is 5.32 Å². The molecule has 4 nitrogen and oxygen atoms in total. The van der Waals surface area contributed by atoms with E-state index in [1.165, 1.54) is 5.56 Å². The van der Waals surface area contributed by atoms with E-state index < -0.39 is 0 Å². The van der Waals surface area contributed by atoms with Crippen LogP contribution in [0.15, 0.2) is 54.9 Å². The quantitative estimate of drug-likeness (QED) is 0.577. The molecule has 2 heterocycles. The zero-order valence-electron chi connectivity index (χ0n) is 11.6. The van der Waals surface area contributed by atoms with Gasteiger partial charge in [0.15, 0.2) is 5.82 Å². The second-order valence-corrected chi connectivity index (χ2v) is 5.11. The normalized spacial score (nSPS) is 11.1. The van der Waals surface area contributed by atoms with E-state index in [1.807, 2.05) is 30.3 Å². The molecule has 0 bridgehead atoms. The van der Waals surface area contributed by atoms with Gasteiger partial charge in [0.2, 0.25) is 0 Å². The van der Waals surface area contributed by atoms with Crippen molar-refractivity contribution in [3.63, 3.8) is 0 Å². The first kappa shape index (κ1) is 11.9. The fraction of sp³-hybridized carbons (Fsp3) is 0.0588. The zero-order chi connectivity index (χ0) is 14.2. The molecule has 4 aromatic rings. The lowest BCUT2D eigenvalue weighted by molar-refractivity contribution is 1.21. The molecule has 0 saturated heterocycles. The van der Waals surface area contributed by atoms with Gasteiger partial charge in [-0.1, -0.05) is 35.9 Å². The Morgan fingerprint density at radius 2 is 1.76 bits per heavy atom. The number of rotatable bonds is 2. The molecule has 0 radical (unpaired) electrons. The lowest BCUT2D eigenvalue weighted by Crippen LogP contribution is -1.95. The van der Waals surface area contributed by atoms with Crippen molar-refractivity contribution < 1.29 is 0 Å². The highest BCUT2D eigenvalue weighted by Gasteiger charge is 2.10. The second-order valence-electron chi connectivity index (χ2n) is 5.11. The predicted octanol–water partition coefficient (Wildman–Crippen LogP) is 4.16. The molecule has 0 unspecified atom stereocenters. The molecule has 0 aliphatic heterocycles. The Labute approximate surface area is 121 Å². The molecule has 4 rings (SSSR count). The third-order valence-corrected chi connectivity index (χ3v) is 3.60. The molecule has 0 fully saturated rings. The number of H-pyrrole nitrogens is 1. The van der Waals surface area contributed by atoms with Crippen molar-refractivity contribution in [3.05, 3.63) is 60.4 Å². The van der Waals surface area contributed by atoms with Crippen molar-refractivity contribution in [3.8, 4) is 0 Å². The lowest BCUT2D eigenvalue weighted by Gasteiger charge is -2.06. The topological polar surface area (TPSA) is 53.6 Å². The fourth-order valence-corrected chi connectivity index (χ4v) is 2.51. The average Bonchev–Trinajstić information content (AvgIpc) is 2.89. The molecule has 0 spiro atoms. The highest BCUT2D eigenvalue weighted by molar-refractivity contribution is 6.08. The van der Waals surface area contributed by atoms with Crippen molar-refractivity contribution in [1.82, 2.24) is 15.0 Å². The first-order valence-corrected chi connectivity index (χ1v) is 6.86. The lowest BCUT2D eigenvalue weighted by atomic mass is 10.2. The van der Waals surface area contributed by atoms with Gasteiger partial charge in [0.25, 0.3) is 0 Å². The molecule has 102 valence electrons. The molecule has 21 heavy (non-hydrogen) atoms. The summed E-state index contributed by atoms with van der Waals surface area (Å²) in [4.78, 5) is 12.2. The first-order chi connectivity index (χ1) is 10.3. The molecular weight excluding hydrogens is 260 g/mol. The van der Waals surface area contributed by atoms with Crippen molar-refractivity contribution in [1.29, 1.82) is 0 Å². The molecule has 2 N–H and O–H groups in total. The third kappa shape index (κ3) is 2.01. The molecular formula is C17H14N4. The molecule has 0 aliphatic rings. The summed E-state index contributed by atoms with van der Waals surface area (Å²) in [6.07, 6.45) is 1.60. The Hall–Kier alpha value is -2.88. The number of para-hydroxylation sites is 1. The first-order valence-electron chi connectivity index (χ1n) is 6.86. The van der Waals surface area contributed by atoms with E-state index in [1.54, 1.807) is 6.33 Å². The van der Waals surface area contributed by atoms with E-state index in [9.17, 15) is 0 Å². The van der Waals surface area contributed by atoms with Crippen LogP contribution in [0.5, 0.6) is 0 Å². The number of hydrogen-bond acceptors (Lipinski definition) is 3. The highest BCUT2D eigenvalue weighted by atomic mass is 15.0. The molecule has 2 aromatic heterocycles. The minimum Gasteiger partial charge on any atom is -0.350 e. The number of anilines is 2. The minimum atomic E-state index is 0.792. The van der Waals surface area contributed by atoms with Gasteiger partial charge >= 0.3 is 0 Å². The van der Waals surface area contributed by atoms with Gasteiger partial charge in [0, 0.05) is 16.6 Å². The van der Waals surface area contributed by atoms with E-state index in [4.69, 9.17) is 0 Å². The second kappa shape index (κ2) is 4.59. The summed E-state index contributed by atoms with van der Waals surface area (Å²) >= 11 is 0. The van der Waals surface area contributed by atoms with E-state index in [2.05, 4.69) is 45.4 Å². The average molecular weight is 274 g/mol. The number of fused-ring (bicyclic) bond motifs is 3. The van der Waals surface area contributed by atoms with E-state index in [0.29, 0.717) is 0 Å². The maximum absolute atomic E-state index is 4.40. The molecule has 0 aliphatic carbocycles. The Balaban J connectivity index is 1.86. The Morgan fingerprint density at radius 1 is 0.952 bits per heavy atom. The van der Waals surface area contributed by atoms with Crippen molar-refractivity contribution in [2.45, 2.75) is 6.92 Å². The van der Waals surface area contributed by atoms with Gasteiger partial charge in [0.05, 0.1) is 0 Å². The number of hydrogen-bond donors (Lipinski definition) is 2. The van der Waals surface area contributed by atoms with Crippen LogP contribution in [0.4, 0.5) is 11.5 Å². The number of aromatic amines is 1. The fourth-order valence-electron chi connectivity index (χ4n) is 2.51. The summed E-state index contributed by atoms with van der Waals surface area (Å²) in [5.41, 5.74) is 5.19. The third-order valence-electron chi connectivity index (χ3n) is 3.60. The molecule has 0 saturated carbocycles. The molecule has 0 amide bonds. The highest BCUT2D eigenvalue weighted by Crippen LogP contribution is 2.28. The van der Waals surface area contributed by atoms with E-state index in [0.717, 1.165) is 33.4 Å². The largest absolute Gasteiger partial charge is 0.350 e. The van der Waals surface area contributed by atoms with Gasteiger partial charge in [-0.3, -0.25) is 0 Å². The summed E-state index contributed by atoms with van der Waals surface area (Å²) in [5, 5.41) is 4.47. The number of nitrogens with zero attached hydrogens (tertiary/aromatic N) is 2. The summed E-state index contributed by atoms with van der Waals surface area (Å²) in [6, 6.07) is 16.4. The number of nitrogens with one attached hydrogen (secondary N) is 2. The van der Waals surface area contributed by atoms with Crippen LogP contribution in [-0.4, -0.2) is 15.0 Å². The summed E-state index contributed by atoms with van der Waals surface area (Å²) in [5.74, 6) is 0.792. The van der Waals surface area contributed by atoms with Gasteiger partial charge in [0.1, 0.15) is 17.4 Å². The number of aryl methyl sites for hydroxylation is 1. The summed E-state index contributed by atoms with van der Waals surface area (Å²) in [6.45, 7) is 2.07. The monoisotopic (exact) mass is 274 g/mol. The molecule has 2 aromatic carbocycles. The predicted molar refractivity (Wildman–Crippen MR) is 85.9 cm³/mol. The Kier molecular flexibility index (Phi) is 2.60. The maximum Gasteiger partial charge on any atom is 0.158 e. The van der Waals surface area contributed by atoms with Crippen LogP contribution in [0, 0.1) is 6.92 Å². The Morgan fingerprint density at radius 3 is 2.62 bits per heavy atom. The number of benzene rings is 2. The van der Waals surface area contributed by atoms with Gasteiger partial charge in [-0.2, -0.15) is 0 Å². The SMILES string of the molecule is Cc1ccc(Nc2ncnc3c2[nH]c2ccccc23)cc1. The van der Waals surface area contributed by atoms with Gasteiger partial charge in [-0.15, -0.1) is 0 Å². The van der Waals surface area contributed by atoms with Gasteiger partial charge < -0.3 is 10.3 Å².